The highest BCUT2D eigenvalue weighted by atomic mass is 19.1. The number of halogens is 1. The fraction of sp³-hybridized carbons (Fsp3) is 0.684. The largest absolute Gasteiger partial charge is 0.369 e. The van der Waals surface area contributed by atoms with Crippen LogP contribution in [-0.2, 0) is 0 Å². The van der Waals surface area contributed by atoms with Gasteiger partial charge in [-0.25, -0.2) is 4.39 Å². The molecule has 1 aromatic rings. The molecule has 4 unspecified atom stereocenters. The maximum absolute atomic E-state index is 13.5. The molecular formula is C19H27FN2. The molecule has 3 aliphatic rings. The first-order chi connectivity index (χ1) is 10.7. The Kier molecular flexibility index (Phi) is 3.85. The lowest BCUT2D eigenvalue weighted by Crippen LogP contribution is -2.51. The summed E-state index contributed by atoms with van der Waals surface area (Å²) in [6, 6.07) is 8.89. The van der Waals surface area contributed by atoms with E-state index in [0.29, 0.717) is 0 Å². The van der Waals surface area contributed by atoms with Crippen molar-refractivity contribution in [1.29, 1.82) is 0 Å². The Hall–Kier alpha value is -1.09. The van der Waals surface area contributed by atoms with Crippen LogP contribution < -0.4 is 4.90 Å². The summed E-state index contributed by atoms with van der Waals surface area (Å²) in [6.07, 6.45) is 5.00. The van der Waals surface area contributed by atoms with E-state index >= 15 is 0 Å². The minimum atomic E-state index is -0.879. The molecule has 0 radical (unpaired) electrons. The van der Waals surface area contributed by atoms with Crippen LogP contribution in [0, 0.1) is 11.8 Å². The minimum Gasteiger partial charge on any atom is -0.369 e. The molecule has 2 bridgehead atoms. The van der Waals surface area contributed by atoms with Crippen LogP contribution >= 0.6 is 0 Å². The van der Waals surface area contributed by atoms with Crippen LogP contribution in [0.1, 0.15) is 44.3 Å². The smallest absolute Gasteiger partial charge is 0.122 e. The van der Waals surface area contributed by atoms with Gasteiger partial charge in [0.05, 0.1) is 0 Å². The van der Waals surface area contributed by atoms with E-state index in [1.165, 1.54) is 44.5 Å². The predicted octanol–water partition coefficient (Wildman–Crippen LogP) is 4.03. The molecule has 1 heterocycles. The average Bonchev–Trinajstić information content (AvgIpc) is 3.18. The maximum atomic E-state index is 13.5. The van der Waals surface area contributed by atoms with Crippen LogP contribution in [-0.4, -0.2) is 37.1 Å². The van der Waals surface area contributed by atoms with Gasteiger partial charge in [-0.3, -0.25) is 4.90 Å². The number of anilines is 1. The van der Waals surface area contributed by atoms with E-state index in [-0.39, 0.29) is 0 Å². The Labute approximate surface area is 133 Å². The fourth-order valence-electron chi connectivity index (χ4n) is 4.94. The Morgan fingerprint density at radius 1 is 1.09 bits per heavy atom. The third-order valence-electron chi connectivity index (χ3n) is 6.18. The molecular weight excluding hydrogens is 275 g/mol. The summed E-state index contributed by atoms with van der Waals surface area (Å²) in [7, 11) is 0. The van der Waals surface area contributed by atoms with E-state index in [2.05, 4.69) is 15.9 Å². The van der Waals surface area contributed by atoms with Gasteiger partial charge in [-0.1, -0.05) is 18.6 Å². The van der Waals surface area contributed by atoms with Gasteiger partial charge in [0, 0.05) is 37.9 Å². The van der Waals surface area contributed by atoms with Crippen LogP contribution in [0.3, 0.4) is 0 Å². The quantitative estimate of drug-likeness (QED) is 0.832. The molecule has 0 amide bonds. The van der Waals surface area contributed by atoms with Gasteiger partial charge in [0.1, 0.15) is 6.17 Å². The van der Waals surface area contributed by atoms with Crippen molar-refractivity contribution in [2.75, 3.05) is 31.1 Å². The molecule has 1 aromatic carbocycles. The zero-order chi connectivity index (χ0) is 15.1. The molecule has 2 nitrogen and oxygen atoms in total. The monoisotopic (exact) mass is 302 g/mol. The number of fused-ring (bicyclic) bond motifs is 2. The maximum Gasteiger partial charge on any atom is 0.122 e. The number of alkyl halides is 1. The van der Waals surface area contributed by atoms with Crippen molar-refractivity contribution < 1.29 is 4.39 Å². The van der Waals surface area contributed by atoms with Gasteiger partial charge < -0.3 is 4.90 Å². The third kappa shape index (κ3) is 2.64. The van der Waals surface area contributed by atoms with Crippen LogP contribution in [0.5, 0.6) is 0 Å². The SMILES string of the molecule is CC(F)c1cccc(N2CCN(C3CC4CCC3C4)CC2)c1. The first-order valence-electron chi connectivity index (χ1n) is 8.94. The zero-order valence-electron chi connectivity index (χ0n) is 13.5. The van der Waals surface area contributed by atoms with E-state index in [1.807, 2.05) is 18.2 Å². The van der Waals surface area contributed by atoms with Gasteiger partial charge in [-0.05, 0) is 55.7 Å². The normalized spacial score (nSPS) is 33.4. The van der Waals surface area contributed by atoms with Gasteiger partial charge in [-0.15, -0.1) is 0 Å². The highest BCUT2D eigenvalue weighted by Crippen LogP contribution is 2.46. The summed E-state index contributed by atoms with van der Waals surface area (Å²) in [5.41, 5.74) is 1.99. The second-order valence-electron chi connectivity index (χ2n) is 7.48. The third-order valence-corrected chi connectivity index (χ3v) is 6.18. The van der Waals surface area contributed by atoms with E-state index in [9.17, 15) is 4.39 Å². The Bertz CT molecular complexity index is 522. The molecule has 0 N–H and O–H groups in total. The Morgan fingerprint density at radius 2 is 1.91 bits per heavy atom. The fourth-order valence-corrected chi connectivity index (χ4v) is 4.94. The second-order valence-corrected chi connectivity index (χ2v) is 7.48. The van der Waals surface area contributed by atoms with Crippen molar-refractivity contribution in [3.63, 3.8) is 0 Å². The summed E-state index contributed by atoms with van der Waals surface area (Å²) < 4.78 is 13.5. The molecule has 0 aromatic heterocycles. The molecule has 1 aliphatic heterocycles. The van der Waals surface area contributed by atoms with Gasteiger partial charge in [0.15, 0.2) is 0 Å². The molecule has 2 saturated carbocycles. The van der Waals surface area contributed by atoms with Crippen molar-refractivity contribution >= 4 is 5.69 Å². The Morgan fingerprint density at radius 3 is 2.55 bits per heavy atom. The summed E-state index contributed by atoms with van der Waals surface area (Å²) in [5.74, 6) is 2.00. The second kappa shape index (κ2) is 5.84. The standard InChI is InChI=1S/C19H27FN2/c1-14(20)16-3-2-4-18(13-16)21-7-9-22(10-8-21)19-12-15-5-6-17(19)11-15/h2-4,13-15,17,19H,5-12H2,1H3. The Balaban J connectivity index is 1.38. The van der Waals surface area contributed by atoms with E-state index in [0.717, 1.165) is 36.5 Å². The summed E-state index contributed by atoms with van der Waals surface area (Å²) >= 11 is 0. The van der Waals surface area contributed by atoms with Crippen molar-refractivity contribution in [2.24, 2.45) is 11.8 Å². The minimum absolute atomic E-state index is 0.799. The molecule has 3 fully saturated rings. The number of rotatable bonds is 3. The number of benzene rings is 1. The van der Waals surface area contributed by atoms with Gasteiger partial charge in [-0.2, -0.15) is 0 Å². The number of piperazine rings is 1. The van der Waals surface area contributed by atoms with E-state index < -0.39 is 6.17 Å². The van der Waals surface area contributed by atoms with Gasteiger partial charge in [0.25, 0.3) is 0 Å². The topological polar surface area (TPSA) is 6.48 Å². The molecule has 4 atom stereocenters. The van der Waals surface area contributed by atoms with E-state index in [4.69, 9.17) is 0 Å². The number of hydrogen-bond acceptors (Lipinski definition) is 2. The van der Waals surface area contributed by atoms with Crippen molar-refractivity contribution in [3.8, 4) is 0 Å². The molecule has 0 spiro atoms. The van der Waals surface area contributed by atoms with Crippen molar-refractivity contribution in [3.05, 3.63) is 29.8 Å². The van der Waals surface area contributed by atoms with Crippen LogP contribution in [0.2, 0.25) is 0 Å². The highest BCUT2D eigenvalue weighted by Gasteiger charge is 2.42. The number of nitrogens with zero attached hydrogens (tertiary/aromatic N) is 2. The van der Waals surface area contributed by atoms with E-state index in [1.54, 1.807) is 6.92 Å². The first kappa shape index (κ1) is 14.5. The number of hydrogen-bond donors (Lipinski definition) is 0. The van der Waals surface area contributed by atoms with Crippen LogP contribution in [0.15, 0.2) is 24.3 Å². The van der Waals surface area contributed by atoms with Crippen molar-refractivity contribution in [1.82, 2.24) is 4.90 Å². The van der Waals surface area contributed by atoms with Gasteiger partial charge >= 0.3 is 0 Å². The molecule has 1 saturated heterocycles. The predicted molar refractivity (Wildman–Crippen MR) is 89.0 cm³/mol. The molecule has 22 heavy (non-hydrogen) atoms. The molecule has 120 valence electrons. The van der Waals surface area contributed by atoms with Gasteiger partial charge in [0.2, 0.25) is 0 Å². The lowest BCUT2D eigenvalue weighted by Gasteiger charge is -2.42. The summed E-state index contributed by atoms with van der Waals surface area (Å²) in [4.78, 5) is 5.16. The molecule has 3 heteroatoms. The van der Waals surface area contributed by atoms with Crippen molar-refractivity contribution in [2.45, 2.75) is 44.8 Å². The summed E-state index contributed by atoms with van der Waals surface area (Å²) in [6.45, 7) is 6.12. The van der Waals surface area contributed by atoms with Crippen LogP contribution in [0.25, 0.3) is 0 Å². The molecule has 4 rings (SSSR count). The zero-order valence-corrected chi connectivity index (χ0v) is 13.5. The lowest BCUT2D eigenvalue weighted by atomic mass is 9.93. The first-order valence-corrected chi connectivity index (χ1v) is 8.94. The lowest BCUT2D eigenvalue weighted by molar-refractivity contribution is 0.135. The highest BCUT2D eigenvalue weighted by molar-refractivity contribution is 5.49. The average molecular weight is 302 g/mol. The molecule has 2 aliphatic carbocycles. The van der Waals surface area contributed by atoms with Crippen LogP contribution in [0.4, 0.5) is 10.1 Å². The summed E-state index contributed by atoms with van der Waals surface area (Å²) in [5, 5.41) is 0.